The molecule has 3 unspecified atom stereocenters. The maximum atomic E-state index is 2.73. The molecule has 0 N–H and O–H groups in total. The monoisotopic (exact) mass is 167 g/mol. The van der Waals surface area contributed by atoms with E-state index in [1.54, 1.807) is 0 Å². The molecule has 1 saturated heterocycles. The molecule has 0 aromatic rings. The minimum Gasteiger partial charge on any atom is -0.300 e. The Morgan fingerprint density at radius 1 is 1.00 bits per heavy atom. The molecule has 1 heteroatoms. The summed E-state index contributed by atoms with van der Waals surface area (Å²) in [6.45, 7) is 7.54. The van der Waals surface area contributed by atoms with Crippen LogP contribution in [0.5, 0.6) is 0 Å². The van der Waals surface area contributed by atoms with E-state index < -0.39 is 0 Å². The van der Waals surface area contributed by atoms with Gasteiger partial charge in [0.1, 0.15) is 0 Å². The van der Waals surface area contributed by atoms with E-state index in [9.17, 15) is 0 Å². The minimum absolute atomic E-state index is 0.949. The minimum atomic E-state index is 0.949. The number of hydrogen-bond donors (Lipinski definition) is 0. The molecular weight excluding hydrogens is 146 g/mol. The molecule has 3 atom stereocenters. The molecule has 2 aliphatic rings. The van der Waals surface area contributed by atoms with Crippen molar-refractivity contribution in [2.75, 3.05) is 13.1 Å². The average molecular weight is 167 g/mol. The summed E-state index contributed by atoms with van der Waals surface area (Å²) in [5, 5.41) is 0. The number of rotatable bonds is 1. The van der Waals surface area contributed by atoms with E-state index in [-0.39, 0.29) is 0 Å². The van der Waals surface area contributed by atoms with Crippen molar-refractivity contribution in [2.45, 2.75) is 45.6 Å². The van der Waals surface area contributed by atoms with Gasteiger partial charge in [0.15, 0.2) is 0 Å². The van der Waals surface area contributed by atoms with Gasteiger partial charge < -0.3 is 4.90 Å². The Hall–Kier alpha value is -0.0400. The summed E-state index contributed by atoms with van der Waals surface area (Å²) in [5.41, 5.74) is 0. The highest BCUT2D eigenvalue weighted by Crippen LogP contribution is 2.31. The van der Waals surface area contributed by atoms with Crippen LogP contribution in [0.15, 0.2) is 0 Å². The van der Waals surface area contributed by atoms with Crippen molar-refractivity contribution in [3.63, 3.8) is 0 Å². The Morgan fingerprint density at radius 2 is 1.83 bits per heavy atom. The summed E-state index contributed by atoms with van der Waals surface area (Å²) in [4.78, 5) is 2.73. The van der Waals surface area contributed by atoms with Crippen LogP contribution in [0.25, 0.3) is 0 Å². The first-order valence-electron chi connectivity index (χ1n) is 5.49. The third-order valence-corrected chi connectivity index (χ3v) is 3.64. The van der Waals surface area contributed by atoms with Crippen molar-refractivity contribution >= 4 is 0 Å². The fraction of sp³-hybridized carbons (Fsp3) is 1.00. The number of nitrogens with zero attached hydrogens (tertiary/aromatic N) is 1. The van der Waals surface area contributed by atoms with Gasteiger partial charge in [-0.1, -0.05) is 13.8 Å². The molecule has 70 valence electrons. The summed E-state index contributed by atoms with van der Waals surface area (Å²) in [7, 11) is 0. The molecule has 0 aromatic heterocycles. The lowest BCUT2D eigenvalue weighted by Gasteiger charge is -2.23. The van der Waals surface area contributed by atoms with Crippen LogP contribution in [0.3, 0.4) is 0 Å². The molecule has 0 bridgehead atoms. The van der Waals surface area contributed by atoms with Crippen LogP contribution in [0.1, 0.15) is 39.5 Å². The zero-order valence-corrected chi connectivity index (χ0v) is 8.42. The average Bonchev–Trinajstić information content (AvgIpc) is 2.58. The smallest absolute Gasteiger partial charge is 0.00980 e. The van der Waals surface area contributed by atoms with Gasteiger partial charge in [-0.2, -0.15) is 0 Å². The lowest BCUT2D eigenvalue weighted by atomic mass is 10.1. The lowest BCUT2D eigenvalue weighted by Crippen LogP contribution is -2.31. The fourth-order valence-electron chi connectivity index (χ4n) is 2.81. The van der Waals surface area contributed by atoms with Gasteiger partial charge in [-0.3, -0.25) is 0 Å². The number of hydrogen-bond acceptors (Lipinski definition) is 1. The first-order valence-corrected chi connectivity index (χ1v) is 5.49. The van der Waals surface area contributed by atoms with Gasteiger partial charge in [0, 0.05) is 12.6 Å². The topological polar surface area (TPSA) is 3.24 Å². The molecule has 1 aliphatic carbocycles. The first-order chi connectivity index (χ1) is 5.75. The molecular formula is C11H21N. The van der Waals surface area contributed by atoms with E-state index in [2.05, 4.69) is 18.7 Å². The van der Waals surface area contributed by atoms with Crippen molar-refractivity contribution in [2.24, 2.45) is 11.8 Å². The van der Waals surface area contributed by atoms with Crippen molar-refractivity contribution < 1.29 is 0 Å². The van der Waals surface area contributed by atoms with Crippen LogP contribution < -0.4 is 0 Å². The maximum Gasteiger partial charge on any atom is 0.00980 e. The molecule has 1 saturated carbocycles. The molecule has 1 nitrogen and oxygen atoms in total. The van der Waals surface area contributed by atoms with Crippen LogP contribution in [-0.2, 0) is 0 Å². The summed E-state index contributed by atoms with van der Waals surface area (Å²) in [6.07, 6.45) is 5.83. The highest BCUT2D eigenvalue weighted by atomic mass is 15.2. The third-order valence-electron chi connectivity index (χ3n) is 3.64. The largest absolute Gasteiger partial charge is 0.300 e. The van der Waals surface area contributed by atoms with Crippen molar-refractivity contribution in [1.82, 2.24) is 4.90 Å². The Labute approximate surface area is 76.1 Å². The van der Waals surface area contributed by atoms with Gasteiger partial charge in [0.25, 0.3) is 0 Å². The molecule has 0 amide bonds. The zero-order valence-electron chi connectivity index (χ0n) is 8.42. The Bertz CT molecular complexity index is 137. The predicted octanol–water partition coefficient (Wildman–Crippen LogP) is 2.52. The third kappa shape index (κ3) is 1.66. The Morgan fingerprint density at radius 3 is 2.33 bits per heavy atom. The van der Waals surface area contributed by atoms with E-state index in [0.29, 0.717) is 0 Å². The standard InChI is InChI=1S/C11H21N/c1-9-3-4-11(7-9)12-6-5-10(2)8-12/h9-11H,3-8H2,1-2H3. The van der Waals surface area contributed by atoms with Crippen LogP contribution in [-0.4, -0.2) is 24.0 Å². The molecule has 0 radical (unpaired) electrons. The van der Waals surface area contributed by atoms with Crippen molar-refractivity contribution in [1.29, 1.82) is 0 Å². The molecule has 12 heavy (non-hydrogen) atoms. The van der Waals surface area contributed by atoms with Crippen LogP contribution in [0.2, 0.25) is 0 Å². The van der Waals surface area contributed by atoms with Crippen molar-refractivity contribution in [3.8, 4) is 0 Å². The molecule has 0 spiro atoms. The van der Waals surface area contributed by atoms with Crippen LogP contribution >= 0.6 is 0 Å². The highest BCUT2D eigenvalue weighted by molar-refractivity contribution is 4.85. The summed E-state index contributed by atoms with van der Waals surface area (Å²) >= 11 is 0. The second kappa shape index (κ2) is 3.37. The summed E-state index contributed by atoms with van der Waals surface area (Å²) < 4.78 is 0. The maximum absolute atomic E-state index is 2.73. The van der Waals surface area contributed by atoms with Gasteiger partial charge in [-0.15, -0.1) is 0 Å². The van der Waals surface area contributed by atoms with E-state index in [1.165, 1.54) is 38.8 Å². The molecule has 2 rings (SSSR count). The Balaban J connectivity index is 1.85. The summed E-state index contributed by atoms with van der Waals surface area (Å²) in [5.74, 6) is 1.95. The molecule has 1 heterocycles. The van der Waals surface area contributed by atoms with Gasteiger partial charge in [-0.05, 0) is 44.1 Å². The number of likely N-dealkylation sites (tertiary alicyclic amines) is 1. The normalized spacial score (nSPS) is 44.0. The first kappa shape index (κ1) is 8.55. The van der Waals surface area contributed by atoms with E-state index in [4.69, 9.17) is 0 Å². The Kier molecular flexibility index (Phi) is 2.40. The molecule has 0 aromatic carbocycles. The van der Waals surface area contributed by atoms with Gasteiger partial charge in [0.2, 0.25) is 0 Å². The summed E-state index contributed by atoms with van der Waals surface area (Å²) in [6, 6.07) is 0.949. The predicted molar refractivity (Wildman–Crippen MR) is 52.2 cm³/mol. The fourth-order valence-corrected chi connectivity index (χ4v) is 2.81. The van der Waals surface area contributed by atoms with Gasteiger partial charge in [0.05, 0.1) is 0 Å². The van der Waals surface area contributed by atoms with E-state index >= 15 is 0 Å². The second-order valence-electron chi connectivity index (χ2n) is 4.96. The second-order valence-corrected chi connectivity index (χ2v) is 4.96. The van der Waals surface area contributed by atoms with Gasteiger partial charge >= 0.3 is 0 Å². The van der Waals surface area contributed by atoms with Crippen LogP contribution in [0.4, 0.5) is 0 Å². The highest BCUT2D eigenvalue weighted by Gasteiger charge is 2.30. The quantitative estimate of drug-likeness (QED) is 0.580. The lowest BCUT2D eigenvalue weighted by molar-refractivity contribution is 0.235. The van der Waals surface area contributed by atoms with Crippen molar-refractivity contribution in [3.05, 3.63) is 0 Å². The zero-order chi connectivity index (χ0) is 8.55. The SMILES string of the molecule is CC1CCC(N2CCC(C)C2)C1. The van der Waals surface area contributed by atoms with Crippen LogP contribution in [0, 0.1) is 11.8 Å². The molecule has 2 fully saturated rings. The molecule has 1 aliphatic heterocycles. The van der Waals surface area contributed by atoms with E-state index in [0.717, 1.165) is 17.9 Å². The van der Waals surface area contributed by atoms with E-state index in [1.807, 2.05) is 0 Å². The van der Waals surface area contributed by atoms with Gasteiger partial charge in [-0.25, -0.2) is 0 Å².